The zero-order chi connectivity index (χ0) is 12.5. The van der Waals surface area contributed by atoms with Gasteiger partial charge in [0.1, 0.15) is 0 Å². The number of rotatable bonds is 5. The molecular formula is C13H25N3O. The fourth-order valence-electron chi connectivity index (χ4n) is 3.12. The Balaban J connectivity index is 1.88. The molecule has 0 aromatic carbocycles. The van der Waals surface area contributed by atoms with E-state index in [0.717, 1.165) is 39.0 Å². The molecule has 1 atom stereocenters. The van der Waals surface area contributed by atoms with Gasteiger partial charge in [0.25, 0.3) is 0 Å². The average molecular weight is 239 g/mol. The molecule has 0 aromatic heterocycles. The monoisotopic (exact) mass is 239 g/mol. The number of nitrogens with zero attached hydrogens (tertiary/aromatic N) is 1. The van der Waals surface area contributed by atoms with Crippen molar-refractivity contribution in [2.24, 2.45) is 16.6 Å². The van der Waals surface area contributed by atoms with Gasteiger partial charge in [-0.15, -0.1) is 0 Å². The van der Waals surface area contributed by atoms with Gasteiger partial charge in [-0.3, -0.25) is 4.79 Å². The van der Waals surface area contributed by atoms with Gasteiger partial charge in [0.2, 0.25) is 5.91 Å². The largest absolute Gasteiger partial charge is 0.359 e. The van der Waals surface area contributed by atoms with Gasteiger partial charge in [-0.2, -0.15) is 0 Å². The molecule has 0 radical (unpaired) electrons. The van der Waals surface area contributed by atoms with Crippen molar-refractivity contribution in [3.8, 4) is 0 Å². The Morgan fingerprint density at radius 1 is 1.41 bits per heavy atom. The third kappa shape index (κ3) is 2.63. The molecule has 1 aliphatic carbocycles. The van der Waals surface area contributed by atoms with Crippen molar-refractivity contribution in [3.63, 3.8) is 0 Å². The number of hydrogen-bond donors (Lipinski definition) is 2. The van der Waals surface area contributed by atoms with Gasteiger partial charge in [-0.1, -0.05) is 0 Å². The normalized spacial score (nSPS) is 31.5. The van der Waals surface area contributed by atoms with Crippen LogP contribution in [0.1, 0.15) is 32.6 Å². The summed E-state index contributed by atoms with van der Waals surface area (Å²) in [4.78, 5) is 14.3. The van der Waals surface area contributed by atoms with Gasteiger partial charge in [0, 0.05) is 20.1 Å². The molecule has 0 bridgehead atoms. The van der Waals surface area contributed by atoms with Crippen molar-refractivity contribution in [1.29, 1.82) is 0 Å². The molecule has 2 rings (SSSR count). The summed E-state index contributed by atoms with van der Waals surface area (Å²) < 4.78 is 0. The molecule has 2 fully saturated rings. The second-order valence-corrected chi connectivity index (χ2v) is 6.14. The van der Waals surface area contributed by atoms with Crippen molar-refractivity contribution < 1.29 is 4.79 Å². The topological polar surface area (TPSA) is 58.4 Å². The fourth-order valence-corrected chi connectivity index (χ4v) is 3.12. The van der Waals surface area contributed by atoms with Crippen LogP contribution in [0, 0.1) is 10.8 Å². The first-order valence-electron chi connectivity index (χ1n) is 6.68. The molecule has 0 spiro atoms. The number of hydrogen-bond acceptors (Lipinski definition) is 3. The summed E-state index contributed by atoms with van der Waals surface area (Å²) in [5.41, 5.74) is 5.97. The third-order valence-corrected chi connectivity index (χ3v) is 4.52. The van der Waals surface area contributed by atoms with Gasteiger partial charge >= 0.3 is 0 Å². The van der Waals surface area contributed by atoms with E-state index >= 15 is 0 Å². The SMILES string of the molecule is CNC(=O)C1(C)CCN(CC2(CCN)CC2)C1. The first kappa shape index (κ1) is 12.8. The van der Waals surface area contributed by atoms with E-state index in [1.54, 1.807) is 7.05 Å². The number of likely N-dealkylation sites (tertiary alicyclic amines) is 1. The summed E-state index contributed by atoms with van der Waals surface area (Å²) in [5.74, 6) is 0.184. The summed E-state index contributed by atoms with van der Waals surface area (Å²) in [6.07, 6.45) is 4.75. The number of nitrogens with two attached hydrogens (primary N) is 1. The van der Waals surface area contributed by atoms with Gasteiger partial charge in [-0.25, -0.2) is 0 Å². The van der Waals surface area contributed by atoms with E-state index in [-0.39, 0.29) is 11.3 Å². The van der Waals surface area contributed by atoms with Crippen molar-refractivity contribution in [3.05, 3.63) is 0 Å². The van der Waals surface area contributed by atoms with Crippen LogP contribution in [0.4, 0.5) is 0 Å². The first-order valence-corrected chi connectivity index (χ1v) is 6.68. The minimum Gasteiger partial charge on any atom is -0.359 e. The smallest absolute Gasteiger partial charge is 0.227 e. The molecule has 17 heavy (non-hydrogen) atoms. The molecule has 4 nitrogen and oxygen atoms in total. The Kier molecular flexibility index (Phi) is 3.46. The van der Waals surface area contributed by atoms with Crippen LogP contribution in [-0.2, 0) is 4.79 Å². The van der Waals surface area contributed by atoms with Crippen LogP contribution in [0.2, 0.25) is 0 Å². The van der Waals surface area contributed by atoms with Crippen molar-refractivity contribution in [2.75, 3.05) is 33.2 Å². The minimum absolute atomic E-state index is 0.184. The molecule has 0 aromatic rings. The van der Waals surface area contributed by atoms with Crippen LogP contribution < -0.4 is 11.1 Å². The van der Waals surface area contributed by atoms with E-state index in [1.165, 1.54) is 12.8 Å². The van der Waals surface area contributed by atoms with E-state index in [9.17, 15) is 4.79 Å². The summed E-state index contributed by atoms with van der Waals surface area (Å²) in [5, 5.41) is 2.79. The van der Waals surface area contributed by atoms with Crippen LogP contribution in [0.25, 0.3) is 0 Å². The molecule has 3 N–H and O–H groups in total. The highest BCUT2D eigenvalue weighted by Gasteiger charge is 2.47. The Morgan fingerprint density at radius 3 is 2.65 bits per heavy atom. The second kappa shape index (κ2) is 4.58. The van der Waals surface area contributed by atoms with E-state index in [0.29, 0.717) is 5.41 Å². The number of nitrogens with one attached hydrogen (secondary N) is 1. The van der Waals surface area contributed by atoms with Crippen LogP contribution >= 0.6 is 0 Å². The fraction of sp³-hybridized carbons (Fsp3) is 0.923. The third-order valence-electron chi connectivity index (χ3n) is 4.52. The maximum absolute atomic E-state index is 11.8. The predicted octanol–water partition coefficient (Wildman–Crippen LogP) is 0.573. The summed E-state index contributed by atoms with van der Waals surface area (Å²) in [6.45, 7) is 5.96. The Labute approximate surface area is 104 Å². The quantitative estimate of drug-likeness (QED) is 0.737. The highest BCUT2D eigenvalue weighted by atomic mass is 16.2. The molecule has 1 unspecified atom stereocenters. The molecule has 1 saturated carbocycles. The van der Waals surface area contributed by atoms with Crippen LogP contribution in [0.15, 0.2) is 0 Å². The number of carbonyl (C=O) groups is 1. The summed E-state index contributed by atoms with van der Waals surface area (Å²) in [7, 11) is 1.73. The van der Waals surface area contributed by atoms with Crippen molar-refractivity contribution >= 4 is 5.91 Å². The van der Waals surface area contributed by atoms with E-state index in [4.69, 9.17) is 5.73 Å². The van der Waals surface area contributed by atoms with Crippen molar-refractivity contribution in [1.82, 2.24) is 10.2 Å². The lowest BCUT2D eigenvalue weighted by atomic mass is 9.89. The standard InChI is InChI=1S/C13H25N3O/c1-12(11(17)15-2)6-8-16(9-12)10-13(3-4-13)5-7-14/h3-10,14H2,1-2H3,(H,15,17). The van der Waals surface area contributed by atoms with Gasteiger partial charge in [-0.05, 0) is 51.1 Å². The number of carbonyl (C=O) groups excluding carboxylic acids is 1. The van der Waals surface area contributed by atoms with E-state index < -0.39 is 0 Å². The molecule has 1 heterocycles. The summed E-state index contributed by atoms with van der Waals surface area (Å²) >= 11 is 0. The van der Waals surface area contributed by atoms with Crippen LogP contribution in [0.5, 0.6) is 0 Å². The van der Waals surface area contributed by atoms with Gasteiger partial charge < -0.3 is 16.0 Å². The van der Waals surface area contributed by atoms with Crippen LogP contribution in [-0.4, -0.2) is 44.0 Å². The highest BCUT2D eigenvalue weighted by Crippen LogP contribution is 2.50. The maximum atomic E-state index is 11.8. The van der Waals surface area contributed by atoms with E-state index in [1.807, 2.05) is 0 Å². The zero-order valence-corrected chi connectivity index (χ0v) is 11.1. The van der Waals surface area contributed by atoms with Crippen LogP contribution in [0.3, 0.4) is 0 Å². The molecular weight excluding hydrogens is 214 g/mol. The van der Waals surface area contributed by atoms with Gasteiger partial charge in [0.05, 0.1) is 5.41 Å². The van der Waals surface area contributed by atoms with Gasteiger partial charge in [0.15, 0.2) is 0 Å². The molecule has 1 saturated heterocycles. The Bertz CT molecular complexity index is 301. The Hall–Kier alpha value is -0.610. The predicted molar refractivity (Wildman–Crippen MR) is 68.6 cm³/mol. The Morgan fingerprint density at radius 2 is 2.12 bits per heavy atom. The molecule has 2 aliphatic rings. The lowest BCUT2D eigenvalue weighted by molar-refractivity contribution is -0.129. The second-order valence-electron chi connectivity index (χ2n) is 6.14. The molecule has 1 amide bonds. The van der Waals surface area contributed by atoms with E-state index in [2.05, 4.69) is 17.1 Å². The maximum Gasteiger partial charge on any atom is 0.227 e. The first-order chi connectivity index (χ1) is 8.03. The van der Waals surface area contributed by atoms with Crippen molar-refractivity contribution in [2.45, 2.75) is 32.6 Å². The molecule has 1 aliphatic heterocycles. The molecule has 4 heteroatoms. The average Bonchev–Trinajstić information content (AvgIpc) is 2.94. The molecule has 98 valence electrons. The lowest BCUT2D eigenvalue weighted by Gasteiger charge is -2.25. The number of amides is 1. The zero-order valence-electron chi connectivity index (χ0n) is 11.1. The minimum atomic E-state index is -0.187. The lowest BCUT2D eigenvalue weighted by Crippen LogP contribution is -2.40. The summed E-state index contributed by atoms with van der Waals surface area (Å²) in [6, 6.07) is 0. The highest BCUT2D eigenvalue weighted by molar-refractivity contribution is 5.82.